The van der Waals surface area contributed by atoms with Crippen LogP contribution in [0.1, 0.15) is 6.92 Å². The van der Waals surface area contributed by atoms with E-state index < -0.39 is 6.09 Å². The number of hydrogen-bond donors (Lipinski definition) is 0. The van der Waals surface area contributed by atoms with Gasteiger partial charge in [0.2, 0.25) is 6.41 Å². The van der Waals surface area contributed by atoms with Crippen molar-refractivity contribution in [3.05, 3.63) is 0 Å². The maximum Gasteiger partial charge on any atom is 0.416 e. The normalized spacial score (nSPS) is 26.1. The highest BCUT2D eigenvalue weighted by atomic mass is 16.6. The summed E-state index contributed by atoms with van der Waals surface area (Å²) < 4.78 is 4.52. The van der Waals surface area contributed by atoms with Gasteiger partial charge in [0.25, 0.3) is 0 Å². The summed E-state index contributed by atoms with van der Waals surface area (Å²) in [6, 6.07) is -0.102. The van der Waals surface area contributed by atoms with E-state index in [1.54, 1.807) is 6.92 Å². The number of hydrogen-bond acceptors (Lipinski definition) is 3. The number of imide groups is 1. The van der Waals surface area contributed by atoms with Crippen molar-refractivity contribution >= 4 is 12.5 Å². The summed E-state index contributed by atoms with van der Waals surface area (Å²) in [7, 11) is 0. The molecule has 1 saturated heterocycles. The first-order valence-corrected chi connectivity index (χ1v) is 2.66. The second kappa shape index (κ2) is 2.05. The molecule has 1 rings (SSSR count). The zero-order valence-electron chi connectivity index (χ0n) is 5.03. The van der Waals surface area contributed by atoms with Crippen LogP contribution in [-0.4, -0.2) is 30.1 Å². The van der Waals surface area contributed by atoms with E-state index in [0.29, 0.717) is 13.0 Å². The molecule has 0 aromatic heterocycles. The van der Waals surface area contributed by atoms with Crippen LogP contribution in [0.3, 0.4) is 0 Å². The maximum atomic E-state index is 10.5. The molecule has 1 aliphatic rings. The Balaban J connectivity index is 2.65. The van der Waals surface area contributed by atoms with Gasteiger partial charge in [0.15, 0.2) is 0 Å². The first kappa shape index (κ1) is 6.07. The smallest absolute Gasteiger partial charge is 0.416 e. The molecular weight excluding hydrogens is 122 g/mol. The number of amides is 2. The number of cyclic esters (lactones) is 1. The Morgan fingerprint density at radius 1 is 1.89 bits per heavy atom. The van der Waals surface area contributed by atoms with Gasteiger partial charge in [-0.25, -0.2) is 9.69 Å². The predicted molar refractivity (Wildman–Crippen MR) is 28.7 cm³/mol. The second-order valence-electron chi connectivity index (χ2n) is 1.94. The molecule has 4 nitrogen and oxygen atoms in total. The fourth-order valence-electron chi connectivity index (χ4n) is 0.674. The molecule has 1 aliphatic heterocycles. The SMILES string of the molecule is C[C@@H]1COC(=O)N1C=O. The van der Waals surface area contributed by atoms with Gasteiger partial charge >= 0.3 is 6.09 Å². The summed E-state index contributed by atoms with van der Waals surface area (Å²) in [6.07, 6.45) is -0.0579. The Hall–Kier alpha value is -1.06. The zero-order valence-corrected chi connectivity index (χ0v) is 5.03. The molecule has 0 radical (unpaired) electrons. The van der Waals surface area contributed by atoms with Crippen LogP contribution in [-0.2, 0) is 9.53 Å². The van der Waals surface area contributed by atoms with Gasteiger partial charge in [-0.1, -0.05) is 0 Å². The number of ether oxygens (including phenoxy) is 1. The van der Waals surface area contributed by atoms with Crippen LogP contribution in [0.2, 0.25) is 0 Å². The number of rotatable bonds is 1. The van der Waals surface area contributed by atoms with Gasteiger partial charge < -0.3 is 4.74 Å². The molecule has 0 aromatic carbocycles. The largest absolute Gasteiger partial charge is 0.447 e. The molecule has 1 fully saturated rings. The summed E-state index contributed by atoms with van der Waals surface area (Å²) >= 11 is 0. The molecule has 0 N–H and O–H groups in total. The van der Waals surface area contributed by atoms with Crippen LogP contribution < -0.4 is 0 Å². The minimum Gasteiger partial charge on any atom is -0.447 e. The van der Waals surface area contributed by atoms with Gasteiger partial charge in [0, 0.05) is 0 Å². The predicted octanol–water partition coefficient (Wildman–Crippen LogP) is -0.0165. The number of carbonyl (C=O) groups is 2. The molecule has 9 heavy (non-hydrogen) atoms. The van der Waals surface area contributed by atoms with Crippen molar-refractivity contribution < 1.29 is 14.3 Å². The van der Waals surface area contributed by atoms with E-state index in [0.717, 1.165) is 4.90 Å². The van der Waals surface area contributed by atoms with Crippen molar-refractivity contribution in [2.24, 2.45) is 0 Å². The molecule has 0 bridgehead atoms. The van der Waals surface area contributed by atoms with Crippen LogP contribution in [0.5, 0.6) is 0 Å². The summed E-state index contributed by atoms with van der Waals surface area (Å²) in [5.41, 5.74) is 0. The van der Waals surface area contributed by atoms with Gasteiger partial charge in [-0.15, -0.1) is 0 Å². The summed E-state index contributed by atoms with van der Waals surface area (Å²) in [6.45, 7) is 2.07. The lowest BCUT2D eigenvalue weighted by atomic mass is 10.4. The molecule has 1 atom stereocenters. The van der Waals surface area contributed by atoms with E-state index >= 15 is 0 Å². The minimum atomic E-state index is -0.544. The lowest BCUT2D eigenvalue weighted by molar-refractivity contribution is -0.116. The van der Waals surface area contributed by atoms with Gasteiger partial charge in [-0.3, -0.25) is 4.79 Å². The van der Waals surface area contributed by atoms with E-state index in [1.807, 2.05) is 0 Å². The Bertz CT molecular complexity index is 145. The Kier molecular flexibility index (Phi) is 1.38. The first-order chi connectivity index (χ1) is 4.25. The van der Waals surface area contributed by atoms with Gasteiger partial charge in [0.05, 0.1) is 6.04 Å². The summed E-state index contributed by atoms with van der Waals surface area (Å²) in [5.74, 6) is 0. The molecule has 4 heteroatoms. The fraction of sp³-hybridized carbons (Fsp3) is 0.600. The molecule has 0 unspecified atom stereocenters. The third-order valence-corrected chi connectivity index (χ3v) is 1.25. The molecule has 50 valence electrons. The third-order valence-electron chi connectivity index (χ3n) is 1.25. The summed E-state index contributed by atoms with van der Waals surface area (Å²) in [4.78, 5) is 21.6. The molecule has 0 aliphatic carbocycles. The molecule has 1 heterocycles. The van der Waals surface area contributed by atoms with Crippen molar-refractivity contribution in [1.82, 2.24) is 4.90 Å². The Morgan fingerprint density at radius 3 is 2.78 bits per heavy atom. The summed E-state index contributed by atoms with van der Waals surface area (Å²) in [5, 5.41) is 0. The number of carbonyl (C=O) groups excluding carboxylic acids is 2. The van der Waals surface area contributed by atoms with Crippen molar-refractivity contribution in [3.63, 3.8) is 0 Å². The van der Waals surface area contributed by atoms with E-state index in [-0.39, 0.29) is 6.04 Å². The maximum absolute atomic E-state index is 10.5. The van der Waals surface area contributed by atoms with E-state index in [9.17, 15) is 9.59 Å². The van der Waals surface area contributed by atoms with Crippen LogP contribution in [0, 0.1) is 0 Å². The lowest BCUT2D eigenvalue weighted by Gasteiger charge is -2.06. The van der Waals surface area contributed by atoms with Crippen LogP contribution in [0.15, 0.2) is 0 Å². The first-order valence-electron chi connectivity index (χ1n) is 2.66. The highest BCUT2D eigenvalue weighted by molar-refractivity contribution is 5.82. The highest BCUT2D eigenvalue weighted by Gasteiger charge is 2.28. The van der Waals surface area contributed by atoms with Gasteiger partial charge in [0.1, 0.15) is 6.61 Å². The molecule has 2 amide bonds. The minimum absolute atomic E-state index is 0.102. The van der Waals surface area contributed by atoms with Crippen LogP contribution in [0.25, 0.3) is 0 Å². The van der Waals surface area contributed by atoms with E-state index in [2.05, 4.69) is 4.74 Å². The average Bonchev–Trinajstić information content (AvgIpc) is 2.12. The van der Waals surface area contributed by atoms with Crippen LogP contribution in [0.4, 0.5) is 4.79 Å². The average molecular weight is 129 g/mol. The third kappa shape index (κ3) is 0.872. The van der Waals surface area contributed by atoms with Crippen molar-refractivity contribution in [3.8, 4) is 0 Å². The quantitative estimate of drug-likeness (QED) is 0.467. The zero-order chi connectivity index (χ0) is 6.85. The monoisotopic (exact) mass is 129 g/mol. The van der Waals surface area contributed by atoms with Crippen molar-refractivity contribution in [2.45, 2.75) is 13.0 Å². The van der Waals surface area contributed by atoms with E-state index in [4.69, 9.17) is 0 Å². The second-order valence-corrected chi connectivity index (χ2v) is 1.94. The standard InChI is InChI=1S/C5H7NO3/c1-4-2-9-5(8)6(4)3-7/h3-4H,2H2,1H3/t4-/m1/s1. The molecule has 0 aromatic rings. The molecule has 0 spiro atoms. The van der Waals surface area contributed by atoms with Gasteiger partial charge in [-0.2, -0.15) is 0 Å². The Labute approximate surface area is 52.4 Å². The van der Waals surface area contributed by atoms with Gasteiger partial charge in [-0.05, 0) is 6.92 Å². The van der Waals surface area contributed by atoms with Crippen molar-refractivity contribution in [2.75, 3.05) is 6.61 Å². The lowest BCUT2D eigenvalue weighted by Crippen LogP contribution is -2.29. The fourth-order valence-corrected chi connectivity index (χ4v) is 0.674. The van der Waals surface area contributed by atoms with Crippen molar-refractivity contribution in [1.29, 1.82) is 0 Å². The highest BCUT2D eigenvalue weighted by Crippen LogP contribution is 2.07. The molecule has 0 saturated carbocycles. The Morgan fingerprint density at radius 2 is 2.56 bits per heavy atom. The topological polar surface area (TPSA) is 46.6 Å². The van der Waals surface area contributed by atoms with E-state index in [1.165, 1.54) is 0 Å². The molecular formula is C5H7NO3. The van der Waals surface area contributed by atoms with Crippen LogP contribution >= 0.6 is 0 Å². The number of nitrogens with zero attached hydrogens (tertiary/aromatic N) is 1.